The lowest BCUT2D eigenvalue weighted by Gasteiger charge is -2.25. The first-order chi connectivity index (χ1) is 6.38. The van der Waals surface area contributed by atoms with Crippen LogP contribution < -0.4 is 0 Å². The second-order valence-electron chi connectivity index (χ2n) is 4.04. The number of halogens is 1. The van der Waals surface area contributed by atoms with Crippen molar-refractivity contribution in [1.82, 2.24) is 4.90 Å². The fraction of sp³-hybridized carbons (Fsp3) is 0.500. The van der Waals surface area contributed by atoms with Gasteiger partial charge in [-0.1, -0.05) is 11.6 Å². The molecule has 78 valence electrons. The van der Waals surface area contributed by atoms with Crippen molar-refractivity contribution in [2.75, 3.05) is 6.54 Å². The van der Waals surface area contributed by atoms with Gasteiger partial charge in [0.2, 0.25) is 0 Å². The Bertz CT molecular complexity index is 289. The van der Waals surface area contributed by atoms with Crippen LogP contribution in [0, 0.1) is 0 Å². The highest BCUT2D eigenvalue weighted by Gasteiger charge is 2.20. The topological polar surface area (TPSA) is 29.5 Å². The van der Waals surface area contributed by atoms with Crippen LogP contribution in [0.4, 0.5) is 4.79 Å². The third kappa shape index (κ3) is 3.42. The Balaban J connectivity index is 2.53. The molecule has 1 aliphatic rings. The maximum Gasteiger partial charge on any atom is 0.414 e. The highest BCUT2D eigenvalue weighted by atomic mass is 35.5. The van der Waals surface area contributed by atoms with E-state index in [1.165, 1.54) is 4.90 Å². The van der Waals surface area contributed by atoms with Gasteiger partial charge < -0.3 is 4.74 Å². The lowest BCUT2D eigenvalue weighted by Crippen LogP contribution is -2.34. The van der Waals surface area contributed by atoms with Crippen molar-refractivity contribution in [1.29, 1.82) is 0 Å². The van der Waals surface area contributed by atoms with Crippen molar-refractivity contribution in [3.8, 4) is 0 Å². The maximum absolute atomic E-state index is 11.5. The van der Waals surface area contributed by atoms with Gasteiger partial charge in [-0.05, 0) is 32.9 Å². The highest BCUT2D eigenvalue weighted by Crippen LogP contribution is 2.14. The van der Waals surface area contributed by atoms with E-state index in [1.54, 1.807) is 18.4 Å². The van der Waals surface area contributed by atoms with Gasteiger partial charge in [-0.2, -0.15) is 0 Å². The van der Waals surface area contributed by atoms with Gasteiger partial charge in [-0.15, -0.1) is 0 Å². The first kappa shape index (κ1) is 11.1. The average Bonchev–Trinajstić information content (AvgIpc) is 2.02. The molecule has 0 aromatic heterocycles. The van der Waals surface area contributed by atoms with E-state index in [4.69, 9.17) is 16.3 Å². The number of hydrogen-bond acceptors (Lipinski definition) is 2. The van der Waals surface area contributed by atoms with E-state index in [9.17, 15) is 4.79 Å². The fourth-order valence-electron chi connectivity index (χ4n) is 0.932. The van der Waals surface area contributed by atoms with Crippen LogP contribution in [0.5, 0.6) is 0 Å². The Kier molecular flexibility index (Phi) is 3.21. The van der Waals surface area contributed by atoms with Crippen LogP contribution in [0.1, 0.15) is 20.8 Å². The summed E-state index contributed by atoms with van der Waals surface area (Å²) in [6.07, 6.45) is 4.69. The fourth-order valence-corrected chi connectivity index (χ4v) is 1.06. The van der Waals surface area contributed by atoms with Crippen molar-refractivity contribution in [3.05, 3.63) is 23.4 Å². The van der Waals surface area contributed by atoms with Crippen LogP contribution >= 0.6 is 11.6 Å². The van der Waals surface area contributed by atoms with Crippen molar-refractivity contribution in [3.63, 3.8) is 0 Å². The molecule has 1 aliphatic heterocycles. The van der Waals surface area contributed by atoms with Gasteiger partial charge in [0, 0.05) is 17.8 Å². The van der Waals surface area contributed by atoms with Crippen LogP contribution in [0.2, 0.25) is 0 Å². The summed E-state index contributed by atoms with van der Waals surface area (Å²) < 4.78 is 5.18. The van der Waals surface area contributed by atoms with Gasteiger partial charge in [-0.25, -0.2) is 4.79 Å². The Morgan fingerprint density at radius 1 is 1.57 bits per heavy atom. The standard InChI is InChI=1S/C10H14ClNO2/c1-10(2,3)14-9(13)12-6-4-8(11)5-7-12/h4-6H,7H2,1-3H3. The molecular formula is C10H14ClNO2. The molecule has 0 atom stereocenters. The summed E-state index contributed by atoms with van der Waals surface area (Å²) in [5.74, 6) is 0. The molecule has 0 aliphatic carbocycles. The SMILES string of the molecule is CC(C)(C)OC(=O)N1C=CC(Cl)=CC1. The summed E-state index contributed by atoms with van der Waals surface area (Å²) >= 11 is 5.72. The summed E-state index contributed by atoms with van der Waals surface area (Å²) in [5.41, 5.74) is -0.462. The highest BCUT2D eigenvalue weighted by molar-refractivity contribution is 6.31. The average molecular weight is 216 g/mol. The number of amides is 1. The van der Waals surface area contributed by atoms with Crippen molar-refractivity contribution in [2.45, 2.75) is 26.4 Å². The molecule has 1 rings (SSSR count). The summed E-state index contributed by atoms with van der Waals surface area (Å²) in [5, 5.41) is 0.643. The summed E-state index contributed by atoms with van der Waals surface area (Å²) in [6, 6.07) is 0. The number of carbonyl (C=O) groups is 1. The van der Waals surface area contributed by atoms with Gasteiger partial charge in [0.05, 0.1) is 0 Å². The lowest BCUT2D eigenvalue weighted by atomic mass is 10.2. The molecule has 0 saturated carbocycles. The van der Waals surface area contributed by atoms with E-state index in [2.05, 4.69) is 0 Å². The van der Waals surface area contributed by atoms with Crippen LogP contribution in [-0.2, 0) is 4.74 Å². The second-order valence-corrected chi connectivity index (χ2v) is 4.47. The molecule has 0 bridgehead atoms. The molecule has 0 radical (unpaired) electrons. The predicted octanol–water partition coefficient (Wildman–Crippen LogP) is 2.87. The number of allylic oxidation sites excluding steroid dienone is 2. The molecule has 0 aromatic rings. The molecule has 0 aromatic carbocycles. The molecule has 4 heteroatoms. The van der Waals surface area contributed by atoms with Crippen molar-refractivity contribution >= 4 is 17.7 Å². The first-order valence-electron chi connectivity index (χ1n) is 4.42. The quantitative estimate of drug-likeness (QED) is 0.622. The Labute approximate surface area is 89.0 Å². The predicted molar refractivity (Wildman–Crippen MR) is 56.0 cm³/mol. The number of ether oxygens (including phenoxy) is 1. The van der Waals surface area contributed by atoms with Crippen molar-refractivity contribution < 1.29 is 9.53 Å². The summed E-state index contributed by atoms with van der Waals surface area (Å²) in [6.45, 7) is 5.97. The number of nitrogens with zero attached hydrogens (tertiary/aromatic N) is 1. The molecule has 0 N–H and O–H groups in total. The number of rotatable bonds is 0. The van der Waals surface area contributed by atoms with Gasteiger partial charge >= 0.3 is 6.09 Å². The van der Waals surface area contributed by atoms with Crippen LogP contribution in [0.15, 0.2) is 23.4 Å². The molecule has 0 spiro atoms. The minimum atomic E-state index is -0.462. The van der Waals surface area contributed by atoms with Gasteiger partial charge in [-0.3, -0.25) is 4.90 Å². The Morgan fingerprint density at radius 2 is 2.21 bits per heavy atom. The van der Waals surface area contributed by atoms with E-state index in [1.807, 2.05) is 20.8 Å². The molecule has 14 heavy (non-hydrogen) atoms. The lowest BCUT2D eigenvalue weighted by molar-refractivity contribution is 0.0350. The number of hydrogen-bond donors (Lipinski definition) is 0. The largest absolute Gasteiger partial charge is 0.443 e. The monoisotopic (exact) mass is 215 g/mol. The Morgan fingerprint density at radius 3 is 2.64 bits per heavy atom. The first-order valence-corrected chi connectivity index (χ1v) is 4.80. The summed E-state index contributed by atoms with van der Waals surface area (Å²) in [7, 11) is 0. The van der Waals surface area contributed by atoms with E-state index >= 15 is 0 Å². The van der Waals surface area contributed by atoms with Gasteiger partial charge in [0.25, 0.3) is 0 Å². The van der Waals surface area contributed by atoms with E-state index < -0.39 is 5.60 Å². The zero-order valence-corrected chi connectivity index (χ0v) is 9.34. The minimum absolute atomic E-state index is 0.353. The molecule has 1 amide bonds. The second kappa shape index (κ2) is 4.05. The third-order valence-corrected chi connectivity index (χ3v) is 1.80. The third-order valence-electron chi connectivity index (χ3n) is 1.52. The normalized spacial score (nSPS) is 16.6. The molecule has 0 saturated heterocycles. The van der Waals surface area contributed by atoms with Gasteiger partial charge in [0.15, 0.2) is 0 Å². The number of carbonyl (C=O) groups excluding carboxylic acids is 1. The Hall–Kier alpha value is -0.960. The minimum Gasteiger partial charge on any atom is -0.443 e. The maximum atomic E-state index is 11.5. The van der Waals surface area contributed by atoms with Crippen molar-refractivity contribution in [2.24, 2.45) is 0 Å². The smallest absolute Gasteiger partial charge is 0.414 e. The zero-order valence-electron chi connectivity index (χ0n) is 8.58. The van der Waals surface area contributed by atoms with Gasteiger partial charge in [0.1, 0.15) is 5.60 Å². The molecular weight excluding hydrogens is 202 g/mol. The van der Waals surface area contributed by atoms with Crippen LogP contribution in [0.25, 0.3) is 0 Å². The van der Waals surface area contributed by atoms with Crippen LogP contribution in [0.3, 0.4) is 0 Å². The van der Waals surface area contributed by atoms with E-state index in [0.717, 1.165) is 0 Å². The van der Waals surface area contributed by atoms with E-state index in [0.29, 0.717) is 11.6 Å². The molecule has 3 nitrogen and oxygen atoms in total. The molecule has 0 fully saturated rings. The van der Waals surface area contributed by atoms with Crippen LogP contribution in [-0.4, -0.2) is 23.1 Å². The zero-order chi connectivity index (χ0) is 10.8. The molecule has 0 unspecified atom stereocenters. The molecule has 1 heterocycles. The van der Waals surface area contributed by atoms with E-state index in [-0.39, 0.29) is 6.09 Å². The summed E-state index contributed by atoms with van der Waals surface area (Å²) in [4.78, 5) is 13.0.